The molecule has 11 heteroatoms. The highest BCUT2D eigenvalue weighted by Crippen LogP contribution is 2.65. The van der Waals surface area contributed by atoms with Crippen molar-refractivity contribution in [2.45, 2.75) is 110 Å². The fourth-order valence-corrected chi connectivity index (χ4v) is 7.27. The van der Waals surface area contributed by atoms with Gasteiger partial charge in [-0.25, -0.2) is 0 Å². The smallest absolute Gasteiger partial charge is 0.303 e. The zero-order chi connectivity index (χ0) is 29.8. The van der Waals surface area contributed by atoms with E-state index in [2.05, 4.69) is 6.58 Å². The third-order valence-electron chi connectivity index (χ3n) is 8.80. The number of esters is 4. The number of fused-ring (bicyclic) bond motifs is 2. The SMILES string of the molecule is C=C1C(O)CC(OC(C)=O)C2(C)C(OC(C)=O)C(O)C3=C(C)C(OC(C)=O)CC3(C(C)(C)O)C(OC(C)=O)C12. The Morgan fingerprint density at radius 1 is 0.897 bits per heavy atom. The monoisotopic (exact) mass is 552 g/mol. The van der Waals surface area contributed by atoms with Gasteiger partial charge in [0.15, 0.2) is 0 Å². The first-order chi connectivity index (χ1) is 17.8. The van der Waals surface area contributed by atoms with Crippen LogP contribution in [-0.4, -0.2) is 81.4 Å². The number of carbonyl (C=O) groups is 4. The number of aliphatic hydroxyl groups excluding tert-OH is 2. The average Bonchev–Trinajstić information content (AvgIpc) is 3.03. The van der Waals surface area contributed by atoms with E-state index in [9.17, 15) is 34.5 Å². The van der Waals surface area contributed by atoms with Crippen LogP contribution in [0.25, 0.3) is 0 Å². The third kappa shape index (κ3) is 4.89. The Labute approximate surface area is 228 Å². The van der Waals surface area contributed by atoms with Crippen molar-refractivity contribution in [3.8, 4) is 0 Å². The first-order valence-electron chi connectivity index (χ1n) is 13.0. The van der Waals surface area contributed by atoms with E-state index in [0.717, 1.165) is 6.92 Å². The van der Waals surface area contributed by atoms with Crippen LogP contribution in [0.5, 0.6) is 0 Å². The largest absolute Gasteiger partial charge is 0.462 e. The van der Waals surface area contributed by atoms with E-state index in [1.54, 1.807) is 13.8 Å². The molecule has 0 bridgehead atoms. The zero-order valence-corrected chi connectivity index (χ0v) is 23.8. The van der Waals surface area contributed by atoms with Crippen molar-refractivity contribution in [3.63, 3.8) is 0 Å². The molecule has 9 unspecified atom stereocenters. The summed E-state index contributed by atoms with van der Waals surface area (Å²) in [5.41, 5.74) is -4.06. The van der Waals surface area contributed by atoms with Gasteiger partial charge >= 0.3 is 23.9 Å². The molecule has 39 heavy (non-hydrogen) atoms. The summed E-state index contributed by atoms with van der Waals surface area (Å²) in [7, 11) is 0. The molecule has 11 nitrogen and oxygen atoms in total. The zero-order valence-electron chi connectivity index (χ0n) is 23.8. The summed E-state index contributed by atoms with van der Waals surface area (Å²) in [6.45, 7) is 15.1. The molecular formula is C28H40O11. The number of aliphatic hydroxyl groups is 3. The Morgan fingerprint density at radius 3 is 1.85 bits per heavy atom. The van der Waals surface area contributed by atoms with Crippen LogP contribution in [0.15, 0.2) is 23.3 Å². The predicted molar refractivity (Wildman–Crippen MR) is 136 cm³/mol. The second-order valence-corrected chi connectivity index (χ2v) is 11.7. The second kappa shape index (κ2) is 10.3. The first kappa shape index (κ1) is 30.8. The van der Waals surface area contributed by atoms with Crippen LogP contribution in [0.4, 0.5) is 0 Å². The van der Waals surface area contributed by atoms with Crippen LogP contribution < -0.4 is 0 Å². The first-order valence-corrected chi connectivity index (χ1v) is 13.0. The molecule has 0 amide bonds. The van der Waals surface area contributed by atoms with Crippen LogP contribution in [0.1, 0.15) is 68.2 Å². The van der Waals surface area contributed by atoms with Gasteiger partial charge in [-0.3, -0.25) is 19.2 Å². The van der Waals surface area contributed by atoms with E-state index in [1.807, 2.05) is 0 Å². The van der Waals surface area contributed by atoms with Gasteiger partial charge in [-0.2, -0.15) is 0 Å². The highest BCUT2D eigenvalue weighted by Gasteiger charge is 2.73. The molecule has 0 aromatic heterocycles. The van der Waals surface area contributed by atoms with Crippen LogP contribution in [-0.2, 0) is 38.1 Å². The van der Waals surface area contributed by atoms with Gasteiger partial charge in [-0.15, -0.1) is 0 Å². The maximum atomic E-state index is 12.7. The van der Waals surface area contributed by atoms with Gasteiger partial charge < -0.3 is 34.3 Å². The van der Waals surface area contributed by atoms with Crippen LogP contribution >= 0.6 is 0 Å². The van der Waals surface area contributed by atoms with Gasteiger partial charge in [-0.1, -0.05) is 13.5 Å². The Hall–Kier alpha value is -2.76. The Balaban J connectivity index is 2.51. The lowest BCUT2D eigenvalue weighted by Gasteiger charge is -2.55. The van der Waals surface area contributed by atoms with Crippen molar-refractivity contribution >= 4 is 23.9 Å². The van der Waals surface area contributed by atoms with Gasteiger partial charge in [0.25, 0.3) is 0 Å². The number of carbonyl (C=O) groups excluding carboxylic acids is 4. The van der Waals surface area contributed by atoms with Crippen LogP contribution in [0.3, 0.4) is 0 Å². The summed E-state index contributed by atoms with van der Waals surface area (Å²) >= 11 is 0. The van der Waals surface area contributed by atoms with E-state index in [4.69, 9.17) is 18.9 Å². The third-order valence-corrected chi connectivity index (χ3v) is 8.80. The Bertz CT molecular complexity index is 1100. The average molecular weight is 553 g/mol. The Morgan fingerprint density at radius 2 is 1.38 bits per heavy atom. The molecule has 0 heterocycles. The van der Waals surface area contributed by atoms with E-state index in [0.29, 0.717) is 5.57 Å². The van der Waals surface area contributed by atoms with Crippen molar-refractivity contribution in [1.82, 2.24) is 0 Å². The fourth-order valence-electron chi connectivity index (χ4n) is 7.27. The Kier molecular flexibility index (Phi) is 8.15. The van der Waals surface area contributed by atoms with E-state index >= 15 is 0 Å². The standard InChI is InChI=1S/C28H40O11/c1-12-18(33)10-20(37-15(4)30)27(9)22(12)24(38-16(5)31)28(26(7,8)35)11-19(36-14(3)29)13(2)21(28)23(34)25(27)39-17(6)32/h18-20,22-25,33-35H,1,10-11H2,2-9H3. The van der Waals surface area contributed by atoms with Crippen LogP contribution in [0, 0.1) is 16.7 Å². The molecular weight excluding hydrogens is 512 g/mol. The molecule has 9 atom stereocenters. The molecule has 0 aromatic rings. The van der Waals surface area contributed by atoms with E-state index < -0.39 is 82.8 Å². The number of rotatable bonds is 5. The molecule has 218 valence electrons. The molecule has 0 radical (unpaired) electrons. The molecule has 2 saturated carbocycles. The maximum Gasteiger partial charge on any atom is 0.303 e. The molecule has 3 aliphatic carbocycles. The summed E-state index contributed by atoms with van der Waals surface area (Å²) in [6.07, 6.45) is -7.80. The van der Waals surface area contributed by atoms with Crippen molar-refractivity contribution < 1.29 is 53.4 Å². The summed E-state index contributed by atoms with van der Waals surface area (Å²) in [6, 6.07) is 0. The van der Waals surface area contributed by atoms with Gasteiger partial charge in [0.1, 0.15) is 30.5 Å². The van der Waals surface area contributed by atoms with Gasteiger partial charge in [-0.05, 0) is 37.5 Å². The van der Waals surface area contributed by atoms with Crippen molar-refractivity contribution in [1.29, 1.82) is 0 Å². The molecule has 2 fully saturated rings. The predicted octanol–water partition coefficient (Wildman–Crippen LogP) is 1.51. The van der Waals surface area contributed by atoms with Gasteiger partial charge in [0, 0.05) is 46.5 Å². The highest BCUT2D eigenvalue weighted by molar-refractivity contribution is 5.69. The lowest BCUT2D eigenvalue weighted by molar-refractivity contribution is -0.214. The minimum absolute atomic E-state index is 0.0900. The van der Waals surface area contributed by atoms with Crippen LogP contribution in [0.2, 0.25) is 0 Å². The normalized spacial score (nSPS) is 38.2. The molecule has 0 spiro atoms. The van der Waals surface area contributed by atoms with Crippen molar-refractivity contribution in [2.24, 2.45) is 16.7 Å². The number of hydrogen-bond donors (Lipinski definition) is 3. The molecule has 3 rings (SSSR count). The number of ether oxygens (including phenoxy) is 4. The molecule has 0 saturated heterocycles. The van der Waals surface area contributed by atoms with E-state index in [1.165, 1.54) is 34.6 Å². The molecule has 0 aromatic carbocycles. The lowest BCUT2D eigenvalue weighted by Crippen LogP contribution is -2.63. The summed E-state index contributed by atoms with van der Waals surface area (Å²) in [5, 5.41) is 35.1. The molecule has 0 aliphatic heterocycles. The fraction of sp³-hybridized carbons (Fsp3) is 0.714. The minimum Gasteiger partial charge on any atom is -0.462 e. The van der Waals surface area contributed by atoms with E-state index in [-0.39, 0.29) is 24.0 Å². The second-order valence-electron chi connectivity index (χ2n) is 11.7. The highest BCUT2D eigenvalue weighted by atomic mass is 16.6. The minimum atomic E-state index is -1.73. The molecule has 3 N–H and O–H groups in total. The summed E-state index contributed by atoms with van der Waals surface area (Å²) in [5.74, 6) is -3.84. The number of hydrogen-bond acceptors (Lipinski definition) is 11. The summed E-state index contributed by atoms with van der Waals surface area (Å²) < 4.78 is 23.0. The lowest BCUT2D eigenvalue weighted by atomic mass is 9.54. The topological polar surface area (TPSA) is 166 Å². The van der Waals surface area contributed by atoms with Crippen molar-refractivity contribution in [2.75, 3.05) is 0 Å². The maximum absolute atomic E-state index is 12.7. The quantitative estimate of drug-likeness (QED) is 0.257. The summed E-state index contributed by atoms with van der Waals surface area (Å²) in [4.78, 5) is 49.3. The van der Waals surface area contributed by atoms with Gasteiger partial charge in [0.2, 0.25) is 0 Å². The molecule has 3 aliphatic rings. The van der Waals surface area contributed by atoms with Crippen molar-refractivity contribution in [3.05, 3.63) is 23.3 Å². The van der Waals surface area contributed by atoms with Gasteiger partial charge in [0.05, 0.1) is 22.5 Å².